The lowest BCUT2D eigenvalue weighted by atomic mass is 10.2. The second-order valence-corrected chi connectivity index (χ2v) is 6.52. The van der Waals surface area contributed by atoms with Gasteiger partial charge in [0.05, 0.1) is 17.1 Å². The van der Waals surface area contributed by atoms with Gasteiger partial charge in [-0.15, -0.1) is 0 Å². The van der Waals surface area contributed by atoms with Crippen LogP contribution in [0.2, 0.25) is 10.0 Å². The first-order valence-corrected chi connectivity index (χ1v) is 8.60. The summed E-state index contributed by atoms with van der Waals surface area (Å²) in [5.74, 6) is -1.12. The van der Waals surface area contributed by atoms with Crippen molar-refractivity contribution in [3.63, 3.8) is 0 Å². The highest BCUT2D eigenvalue weighted by Crippen LogP contribution is 2.25. The maximum absolute atomic E-state index is 12.3. The van der Waals surface area contributed by atoms with Crippen LogP contribution in [0.4, 0.5) is 5.69 Å². The van der Waals surface area contributed by atoms with Crippen LogP contribution in [0.1, 0.15) is 23.9 Å². The zero-order valence-corrected chi connectivity index (χ0v) is 16.4. The summed E-state index contributed by atoms with van der Waals surface area (Å²) in [7, 11) is 1.78. The van der Waals surface area contributed by atoms with Crippen LogP contribution in [0, 0.1) is 13.8 Å². The third-order valence-electron chi connectivity index (χ3n) is 3.81. The molecular formula is C18H19Cl2N3O3. The molecule has 2 rings (SSSR count). The lowest BCUT2D eigenvalue weighted by molar-refractivity contribution is -0.148. The van der Waals surface area contributed by atoms with Crippen LogP contribution in [0.5, 0.6) is 0 Å². The number of hydrogen-bond acceptors (Lipinski definition) is 4. The smallest absolute Gasteiger partial charge is 0.331 e. The summed E-state index contributed by atoms with van der Waals surface area (Å²) in [5, 5.41) is 7.78. The Hall–Kier alpha value is -2.31. The summed E-state index contributed by atoms with van der Waals surface area (Å²) in [6, 6.07) is 5.02. The van der Waals surface area contributed by atoms with Crippen LogP contribution in [0.25, 0.3) is 6.08 Å². The van der Waals surface area contributed by atoms with Gasteiger partial charge in [0.25, 0.3) is 5.91 Å². The number of amides is 1. The number of nitrogens with one attached hydrogen (secondary N) is 1. The van der Waals surface area contributed by atoms with Gasteiger partial charge < -0.3 is 10.1 Å². The number of nitrogens with zero attached hydrogens (tertiary/aromatic N) is 2. The van der Waals surface area contributed by atoms with Gasteiger partial charge >= 0.3 is 5.97 Å². The first-order valence-electron chi connectivity index (χ1n) is 7.84. The van der Waals surface area contributed by atoms with E-state index in [0.29, 0.717) is 27.0 Å². The lowest BCUT2D eigenvalue weighted by Crippen LogP contribution is -2.29. The van der Waals surface area contributed by atoms with Crippen LogP contribution in [-0.2, 0) is 21.4 Å². The van der Waals surface area contributed by atoms with Gasteiger partial charge in [-0.3, -0.25) is 9.48 Å². The Balaban J connectivity index is 2.00. The molecule has 8 heteroatoms. The Labute approximate surface area is 161 Å². The van der Waals surface area contributed by atoms with Gasteiger partial charge in [-0.1, -0.05) is 29.3 Å². The number of carbonyl (C=O) groups excluding carboxylic acids is 2. The molecule has 138 valence electrons. The molecule has 0 aliphatic heterocycles. The molecule has 0 bridgehead atoms. The quantitative estimate of drug-likeness (QED) is 0.614. The van der Waals surface area contributed by atoms with Crippen molar-refractivity contribution in [2.45, 2.75) is 26.9 Å². The van der Waals surface area contributed by atoms with E-state index in [4.69, 9.17) is 27.9 Å². The van der Waals surface area contributed by atoms with Crippen LogP contribution in [0.3, 0.4) is 0 Å². The van der Waals surface area contributed by atoms with Gasteiger partial charge in [0.15, 0.2) is 6.10 Å². The van der Waals surface area contributed by atoms with E-state index in [-0.39, 0.29) is 0 Å². The van der Waals surface area contributed by atoms with Crippen molar-refractivity contribution >= 4 is 46.8 Å². The molecule has 1 amide bonds. The molecule has 26 heavy (non-hydrogen) atoms. The normalized spacial score (nSPS) is 12.2. The zero-order chi connectivity index (χ0) is 19.4. The summed E-state index contributed by atoms with van der Waals surface area (Å²) < 4.78 is 6.79. The number of rotatable bonds is 5. The number of ether oxygens (including phenoxy) is 1. The third-order valence-corrected chi connectivity index (χ3v) is 4.46. The van der Waals surface area contributed by atoms with E-state index >= 15 is 0 Å². The fraction of sp³-hybridized carbons (Fsp3) is 0.278. The third kappa shape index (κ3) is 4.65. The monoisotopic (exact) mass is 395 g/mol. The van der Waals surface area contributed by atoms with Crippen molar-refractivity contribution in [2.75, 3.05) is 5.32 Å². The summed E-state index contributed by atoms with van der Waals surface area (Å²) in [6.07, 6.45) is 1.65. The molecule has 2 aromatic rings. The minimum Gasteiger partial charge on any atom is -0.449 e. The number of aryl methyl sites for hydroxylation is 2. The Morgan fingerprint density at radius 1 is 1.27 bits per heavy atom. The first kappa shape index (κ1) is 20.0. The molecule has 0 fully saturated rings. The van der Waals surface area contributed by atoms with Gasteiger partial charge in [-0.05, 0) is 39.0 Å². The minimum absolute atomic E-state index is 0.412. The molecule has 0 radical (unpaired) electrons. The van der Waals surface area contributed by atoms with Crippen molar-refractivity contribution in [1.82, 2.24) is 9.78 Å². The van der Waals surface area contributed by atoms with Crippen molar-refractivity contribution in [1.29, 1.82) is 0 Å². The fourth-order valence-corrected chi connectivity index (χ4v) is 2.79. The average Bonchev–Trinajstić information content (AvgIpc) is 2.80. The predicted octanol–water partition coefficient (Wildman–Crippen LogP) is 3.93. The second-order valence-electron chi connectivity index (χ2n) is 5.71. The van der Waals surface area contributed by atoms with Crippen molar-refractivity contribution < 1.29 is 14.3 Å². The van der Waals surface area contributed by atoms with Gasteiger partial charge in [0.1, 0.15) is 0 Å². The molecule has 0 aliphatic carbocycles. The molecule has 0 saturated heterocycles. The molecule has 1 atom stereocenters. The lowest BCUT2D eigenvalue weighted by Gasteiger charge is -2.12. The topological polar surface area (TPSA) is 73.2 Å². The largest absolute Gasteiger partial charge is 0.449 e. The van der Waals surface area contributed by atoms with Crippen LogP contribution in [0.15, 0.2) is 24.3 Å². The highest BCUT2D eigenvalue weighted by Gasteiger charge is 2.20. The van der Waals surface area contributed by atoms with Gasteiger partial charge in [-0.2, -0.15) is 5.10 Å². The number of aromatic nitrogens is 2. The highest BCUT2D eigenvalue weighted by atomic mass is 35.5. The van der Waals surface area contributed by atoms with E-state index in [9.17, 15) is 9.59 Å². The van der Waals surface area contributed by atoms with E-state index in [1.54, 1.807) is 36.9 Å². The molecule has 1 aromatic carbocycles. The summed E-state index contributed by atoms with van der Waals surface area (Å²) in [6.45, 7) is 5.11. The van der Waals surface area contributed by atoms with Crippen molar-refractivity contribution in [3.05, 3.63) is 51.3 Å². The highest BCUT2D eigenvalue weighted by molar-refractivity contribution is 6.37. The molecule has 1 aromatic heterocycles. The van der Waals surface area contributed by atoms with Crippen molar-refractivity contribution in [2.24, 2.45) is 7.05 Å². The maximum atomic E-state index is 12.3. The maximum Gasteiger partial charge on any atom is 0.331 e. The molecule has 0 unspecified atom stereocenters. The number of carbonyl (C=O) groups is 2. The summed E-state index contributed by atoms with van der Waals surface area (Å²) >= 11 is 12.1. The Bertz CT molecular complexity index is 855. The summed E-state index contributed by atoms with van der Waals surface area (Å²) in [5.41, 5.74) is 2.61. The van der Waals surface area contributed by atoms with Gasteiger partial charge in [0.2, 0.25) is 0 Å². The number of halogens is 2. The van der Waals surface area contributed by atoms with E-state index in [2.05, 4.69) is 10.4 Å². The van der Waals surface area contributed by atoms with Gasteiger partial charge in [0, 0.05) is 28.7 Å². The molecule has 6 nitrogen and oxygen atoms in total. The SMILES string of the molecule is Cc1nn(C)c(C)c1NC(=O)[C@H](C)OC(=O)/C=C/c1c(Cl)cccc1Cl. The van der Waals surface area contributed by atoms with E-state index in [1.165, 1.54) is 19.1 Å². The minimum atomic E-state index is -0.979. The number of benzene rings is 1. The molecule has 1 N–H and O–H groups in total. The summed E-state index contributed by atoms with van der Waals surface area (Å²) in [4.78, 5) is 24.2. The van der Waals surface area contributed by atoms with Crippen LogP contribution < -0.4 is 5.32 Å². The molecule has 0 aliphatic rings. The average molecular weight is 396 g/mol. The van der Waals surface area contributed by atoms with Gasteiger partial charge in [-0.25, -0.2) is 4.79 Å². The van der Waals surface area contributed by atoms with E-state index < -0.39 is 18.0 Å². The zero-order valence-electron chi connectivity index (χ0n) is 14.8. The second kappa shape index (κ2) is 8.38. The molecular weight excluding hydrogens is 377 g/mol. The number of esters is 1. The predicted molar refractivity (Wildman–Crippen MR) is 102 cm³/mol. The van der Waals surface area contributed by atoms with E-state index in [0.717, 1.165) is 5.69 Å². The molecule has 1 heterocycles. The van der Waals surface area contributed by atoms with E-state index in [1.807, 2.05) is 6.92 Å². The molecule has 0 spiro atoms. The van der Waals surface area contributed by atoms with Crippen LogP contribution in [-0.4, -0.2) is 27.8 Å². The standard InChI is InChI=1S/C18H19Cl2N3O3/c1-10-17(11(2)23(4)22-10)21-18(25)12(3)26-16(24)9-8-13-14(19)6-5-7-15(13)20/h5-9,12H,1-4H3,(H,21,25)/b9-8+/t12-/m0/s1. The fourth-order valence-electron chi connectivity index (χ4n) is 2.27. The van der Waals surface area contributed by atoms with Crippen LogP contribution >= 0.6 is 23.2 Å². The number of anilines is 1. The Morgan fingerprint density at radius 2 is 1.88 bits per heavy atom. The Morgan fingerprint density at radius 3 is 2.42 bits per heavy atom. The first-order chi connectivity index (χ1) is 12.2. The Kier molecular flexibility index (Phi) is 6.45. The molecule has 0 saturated carbocycles. The van der Waals surface area contributed by atoms with Crippen molar-refractivity contribution in [3.8, 4) is 0 Å². The number of hydrogen-bond donors (Lipinski definition) is 1.